The molecular formula is C26H31N5O5S. The van der Waals surface area contributed by atoms with Crippen molar-refractivity contribution < 1.29 is 24.5 Å². The Bertz CT molecular complexity index is 1290. The molecule has 1 saturated heterocycles. The molecule has 0 radical (unpaired) electrons. The van der Waals surface area contributed by atoms with Gasteiger partial charge in [0.1, 0.15) is 0 Å². The van der Waals surface area contributed by atoms with E-state index in [0.717, 1.165) is 29.5 Å². The molecule has 2 aliphatic rings. The molecule has 5 rings (SSSR count). The number of rotatable bonds is 6. The second-order valence-corrected chi connectivity index (χ2v) is 10.9. The molecule has 37 heavy (non-hydrogen) atoms. The molecule has 10 nitrogen and oxygen atoms in total. The van der Waals surface area contributed by atoms with E-state index < -0.39 is 6.10 Å². The van der Waals surface area contributed by atoms with Crippen molar-refractivity contribution in [1.82, 2.24) is 13.6 Å². The van der Waals surface area contributed by atoms with E-state index in [1.807, 2.05) is 18.2 Å². The van der Waals surface area contributed by atoms with Crippen LogP contribution in [0.1, 0.15) is 55.6 Å². The number of ether oxygens (including phenoxy) is 2. The molecule has 2 aliphatic heterocycles. The van der Waals surface area contributed by atoms with Crippen LogP contribution in [0.4, 0.5) is 17.3 Å². The first-order chi connectivity index (χ1) is 17.7. The van der Waals surface area contributed by atoms with E-state index in [-0.39, 0.29) is 42.0 Å². The number of amides is 1. The number of benzene rings is 2. The number of aromatic nitrogens is 2. The van der Waals surface area contributed by atoms with E-state index in [1.54, 1.807) is 23.1 Å². The largest absolute Gasteiger partial charge is 0.505 e. The van der Waals surface area contributed by atoms with Gasteiger partial charge < -0.3 is 35.2 Å². The van der Waals surface area contributed by atoms with Crippen molar-refractivity contribution in [1.29, 1.82) is 0 Å². The van der Waals surface area contributed by atoms with Crippen molar-refractivity contribution in [3.8, 4) is 17.2 Å². The number of anilines is 3. The van der Waals surface area contributed by atoms with Gasteiger partial charge in [0.05, 0.1) is 35.1 Å². The number of fused-ring (bicyclic) bond motifs is 1. The number of β-amino-alcohol motifs (C(OH)–C–C–N with tert-alkyl or cyclic N) is 1. The molecule has 3 aromatic rings. The molecule has 1 fully saturated rings. The maximum Gasteiger partial charge on any atom is 0.257 e. The number of para-hydroxylation sites is 1. The molecule has 1 aromatic heterocycles. The molecule has 1 unspecified atom stereocenters. The number of phenols is 1. The predicted molar refractivity (Wildman–Crippen MR) is 141 cm³/mol. The molecule has 4 N–H and O–H groups in total. The van der Waals surface area contributed by atoms with Crippen LogP contribution in [0.3, 0.4) is 0 Å². The average molecular weight is 526 g/mol. The Kier molecular flexibility index (Phi) is 6.82. The number of carbonyl (C=O) groups is 1. The van der Waals surface area contributed by atoms with E-state index in [1.165, 1.54) is 0 Å². The number of likely N-dealkylation sites (tertiary alicyclic amines) is 1. The lowest BCUT2D eigenvalue weighted by molar-refractivity contribution is 0.0471. The standard InChI is InChI=1S/C26H31N5O5S/c1-26(2,3)22(15-9-10-19-20(12-15)36-14-35-19)28-24-23(29-37-30-24)27-18-8-4-7-17(21(18)33)25(34)31-11-5-6-16(32)13-31/h4,7-10,12,16,22,32-33H,5-6,11,13-14H2,1-3H3,(H,27,29)(H,28,30)/t16?,22-/m0/s1. The van der Waals surface area contributed by atoms with E-state index in [9.17, 15) is 15.0 Å². The van der Waals surface area contributed by atoms with Crippen LogP contribution in [-0.4, -0.2) is 55.8 Å². The van der Waals surface area contributed by atoms with Gasteiger partial charge in [-0.25, -0.2) is 0 Å². The van der Waals surface area contributed by atoms with E-state index >= 15 is 0 Å². The number of piperidine rings is 1. The number of nitrogens with one attached hydrogen (secondary N) is 2. The van der Waals surface area contributed by atoms with Gasteiger partial charge in [0, 0.05) is 13.1 Å². The van der Waals surface area contributed by atoms with E-state index in [2.05, 4.69) is 40.2 Å². The Labute approximate surface area is 219 Å². The van der Waals surface area contributed by atoms with Crippen molar-refractivity contribution in [2.75, 3.05) is 30.5 Å². The lowest BCUT2D eigenvalue weighted by atomic mass is 9.82. The second kappa shape index (κ2) is 10.1. The Morgan fingerprint density at radius 1 is 1.16 bits per heavy atom. The van der Waals surface area contributed by atoms with Gasteiger partial charge in [-0.3, -0.25) is 4.79 Å². The zero-order valence-electron chi connectivity index (χ0n) is 21.0. The molecule has 1 amide bonds. The quantitative estimate of drug-likeness (QED) is 0.344. The molecule has 11 heteroatoms. The normalized spacial score (nSPS) is 17.9. The summed E-state index contributed by atoms with van der Waals surface area (Å²) in [6, 6.07) is 10.7. The first-order valence-corrected chi connectivity index (χ1v) is 13.0. The number of carbonyl (C=O) groups excluding carboxylic acids is 1. The Morgan fingerprint density at radius 3 is 2.73 bits per heavy atom. The smallest absolute Gasteiger partial charge is 0.257 e. The molecule has 0 aliphatic carbocycles. The van der Waals surface area contributed by atoms with E-state index in [0.29, 0.717) is 36.0 Å². The number of hydrogen-bond acceptors (Lipinski definition) is 10. The summed E-state index contributed by atoms with van der Waals surface area (Å²) in [5.74, 6) is 1.90. The summed E-state index contributed by atoms with van der Waals surface area (Å²) in [7, 11) is 0. The molecule has 0 saturated carbocycles. The summed E-state index contributed by atoms with van der Waals surface area (Å²) in [5.41, 5.74) is 1.33. The minimum Gasteiger partial charge on any atom is -0.505 e. The van der Waals surface area contributed by atoms with Crippen LogP contribution >= 0.6 is 11.7 Å². The maximum atomic E-state index is 13.1. The summed E-state index contributed by atoms with van der Waals surface area (Å²) in [4.78, 5) is 14.6. The lowest BCUT2D eigenvalue weighted by Crippen LogP contribution is -2.42. The van der Waals surface area contributed by atoms with Crippen LogP contribution in [0.15, 0.2) is 36.4 Å². The first-order valence-electron chi connectivity index (χ1n) is 12.3. The number of aliphatic hydroxyl groups excluding tert-OH is 1. The monoisotopic (exact) mass is 525 g/mol. The highest BCUT2D eigenvalue weighted by atomic mass is 32.1. The minimum atomic E-state index is -0.545. The Morgan fingerprint density at radius 2 is 1.95 bits per heavy atom. The number of aliphatic hydroxyl groups is 1. The summed E-state index contributed by atoms with van der Waals surface area (Å²) < 4.78 is 19.9. The Balaban J connectivity index is 1.38. The fraction of sp³-hybridized carbons (Fsp3) is 0.423. The van der Waals surface area contributed by atoms with Crippen molar-refractivity contribution in [3.63, 3.8) is 0 Å². The van der Waals surface area contributed by atoms with Crippen LogP contribution in [0.5, 0.6) is 17.2 Å². The third-order valence-corrected chi connectivity index (χ3v) is 7.10. The SMILES string of the molecule is CC(C)(C)[C@@H](Nc1nsnc1Nc1cccc(C(=O)N2CCCC(O)C2)c1O)c1ccc2c(c1)OCO2. The molecule has 0 spiro atoms. The van der Waals surface area contributed by atoms with Crippen LogP contribution in [0.25, 0.3) is 0 Å². The highest BCUT2D eigenvalue weighted by Gasteiger charge is 2.30. The second-order valence-electron chi connectivity index (χ2n) is 10.4. The predicted octanol–water partition coefficient (Wildman–Crippen LogP) is 4.51. The van der Waals surface area contributed by atoms with Crippen molar-refractivity contribution in [2.24, 2.45) is 5.41 Å². The third-order valence-electron chi connectivity index (χ3n) is 6.57. The molecule has 196 valence electrons. The fourth-order valence-electron chi connectivity index (χ4n) is 4.65. The van der Waals surface area contributed by atoms with Crippen molar-refractivity contribution >= 4 is 35.0 Å². The Hall–Kier alpha value is -3.57. The van der Waals surface area contributed by atoms with Crippen LogP contribution in [-0.2, 0) is 0 Å². The fourth-order valence-corrected chi connectivity index (χ4v) is 5.12. The van der Waals surface area contributed by atoms with E-state index in [4.69, 9.17) is 9.47 Å². The minimum absolute atomic E-state index is 0.140. The van der Waals surface area contributed by atoms with Gasteiger partial charge in [-0.05, 0) is 48.1 Å². The topological polar surface area (TPSA) is 129 Å². The zero-order valence-corrected chi connectivity index (χ0v) is 21.8. The summed E-state index contributed by atoms with van der Waals surface area (Å²) >= 11 is 1.04. The van der Waals surface area contributed by atoms with Gasteiger partial charge in [0.25, 0.3) is 5.91 Å². The van der Waals surface area contributed by atoms with Crippen molar-refractivity contribution in [3.05, 3.63) is 47.5 Å². The highest BCUT2D eigenvalue weighted by molar-refractivity contribution is 6.99. The molecular weight excluding hydrogens is 494 g/mol. The molecule has 2 atom stereocenters. The molecule has 3 heterocycles. The van der Waals surface area contributed by atoms with Gasteiger partial charge in [0.2, 0.25) is 6.79 Å². The number of phenolic OH excluding ortho intramolecular Hbond substituents is 1. The number of aromatic hydroxyl groups is 1. The number of hydrogen-bond donors (Lipinski definition) is 4. The zero-order chi connectivity index (χ0) is 26.2. The average Bonchev–Trinajstić information content (AvgIpc) is 3.51. The summed E-state index contributed by atoms with van der Waals surface area (Å²) in [5, 5.41) is 27.6. The maximum absolute atomic E-state index is 13.1. The van der Waals surface area contributed by atoms with Gasteiger partial charge in [-0.2, -0.15) is 8.75 Å². The van der Waals surface area contributed by atoms with Gasteiger partial charge >= 0.3 is 0 Å². The summed E-state index contributed by atoms with van der Waals surface area (Å²) in [6.07, 6.45) is 0.853. The third kappa shape index (κ3) is 5.28. The summed E-state index contributed by atoms with van der Waals surface area (Å²) in [6.45, 7) is 7.39. The van der Waals surface area contributed by atoms with Crippen molar-refractivity contribution in [2.45, 2.75) is 45.8 Å². The van der Waals surface area contributed by atoms with Gasteiger partial charge in [0.15, 0.2) is 28.9 Å². The highest BCUT2D eigenvalue weighted by Crippen LogP contribution is 2.42. The number of nitrogens with zero attached hydrogens (tertiary/aromatic N) is 3. The lowest BCUT2D eigenvalue weighted by Gasteiger charge is -2.32. The molecule has 2 aromatic carbocycles. The van der Waals surface area contributed by atoms with Gasteiger partial charge in [-0.1, -0.05) is 32.9 Å². The van der Waals surface area contributed by atoms with Gasteiger partial charge in [-0.15, -0.1) is 0 Å². The van der Waals surface area contributed by atoms with Crippen LogP contribution in [0.2, 0.25) is 0 Å². The van der Waals surface area contributed by atoms with Crippen LogP contribution in [0, 0.1) is 5.41 Å². The van der Waals surface area contributed by atoms with Crippen LogP contribution < -0.4 is 20.1 Å². The molecule has 0 bridgehead atoms. The first kappa shape index (κ1) is 25.1.